The summed E-state index contributed by atoms with van der Waals surface area (Å²) in [4.78, 5) is 4.30. The van der Waals surface area contributed by atoms with Crippen LogP contribution in [0, 0.1) is 32.0 Å². The fourth-order valence-electron chi connectivity index (χ4n) is 1.98. The molecule has 0 saturated heterocycles. The lowest BCUT2D eigenvalue weighted by molar-refractivity contribution is 0.255. The van der Waals surface area contributed by atoms with Gasteiger partial charge in [0.05, 0.1) is 13.0 Å². The van der Waals surface area contributed by atoms with Crippen molar-refractivity contribution in [3.63, 3.8) is 0 Å². The van der Waals surface area contributed by atoms with E-state index in [4.69, 9.17) is 11.2 Å². The Bertz CT molecular complexity index is 546. The van der Waals surface area contributed by atoms with Crippen LogP contribution >= 0.6 is 0 Å². The minimum absolute atomic E-state index is 0.261. The maximum atomic E-state index is 13.9. The minimum Gasteiger partial charge on any atom is -0.478 e. The van der Waals surface area contributed by atoms with Crippen LogP contribution < -0.4 is 10.1 Å². The lowest BCUT2D eigenvalue weighted by Gasteiger charge is -2.20. The lowest BCUT2D eigenvalue weighted by atomic mass is 10.1. The molecule has 100 valence electrons. The molecule has 0 amide bonds. The third-order valence-corrected chi connectivity index (χ3v) is 3.20. The van der Waals surface area contributed by atoms with Crippen LogP contribution in [0.4, 0.5) is 4.39 Å². The summed E-state index contributed by atoms with van der Waals surface area (Å²) in [5.41, 5.74) is 1.78. The number of benzene rings is 1. The molecule has 1 aliphatic heterocycles. The topological polar surface area (TPSA) is 33.6 Å². The monoisotopic (exact) mass is 260 g/mol. The van der Waals surface area contributed by atoms with E-state index in [9.17, 15) is 4.39 Å². The number of aliphatic imine (C=N–C) groups is 1. The van der Waals surface area contributed by atoms with Crippen molar-refractivity contribution in [2.75, 3.05) is 13.1 Å². The first-order valence-electron chi connectivity index (χ1n) is 6.27. The van der Waals surface area contributed by atoms with E-state index < -0.39 is 6.10 Å². The van der Waals surface area contributed by atoms with Gasteiger partial charge < -0.3 is 10.1 Å². The molecule has 1 atom stereocenters. The van der Waals surface area contributed by atoms with E-state index in [0.29, 0.717) is 18.8 Å². The molecular weight excluding hydrogens is 243 g/mol. The summed E-state index contributed by atoms with van der Waals surface area (Å²) in [6.45, 7) is 5.23. The number of nitrogens with zero attached hydrogens (tertiary/aromatic N) is 1. The number of halogens is 1. The summed E-state index contributed by atoms with van der Waals surface area (Å²) in [5, 5.41) is 3.12. The van der Waals surface area contributed by atoms with Gasteiger partial charge in [0.1, 0.15) is 5.84 Å². The first-order valence-corrected chi connectivity index (χ1v) is 6.27. The number of amidine groups is 1. The average Bonchev–Trinajstić information content (AvgIpc) is 2.92. The van der Waals surface area contributed by atoms with Crippen LogP contribution in [0.25, 0.3) is 0 Å². The third-order valence-electron chi connectivity index (χ3n) is 3.20. The number of ether oxygens (including phenoxy) is 1. The van der Waals surface area contributed by atoms with E-state index in [1.165, 1.54) is 6.07 Å². The van der Waals surface area contributed by atoms with E-state index in [2.05, 4.69) is 16.2 Å². The standard InChI is InChI=1S/C15H17FN2O/c1-4-5-13(15-17-8-9-18-15)19-14-11(3)10(2)6-7-12(14)16/h1,6-7,13H,5,8-9H2,2-3H3,(H,17,18). The highest BCUT2D eigenvalue weighted by Gasteiger charge is 2.22. The number of aryl methyl sites for hydroxylation is 1. The summed E-state index contributed by atoms with van der Waals surface area (Å²) >= 11 is 0. The smallest absolute Gasteiger partial charge is 0.166 e. The molecular formula is C15H17FN2O. The highest BCUT2D eigenvalue weighted by molar-refractivity contribution is 5.88. The molecule has 1 aromatic carbocycles. The molecule has 1 N–H and O–H groups in total. The van der Waals surface area contributed by atoms with Gasteiger partial charge in [0, 0.05) is 6.54 Å². The molecule has 0 saturated carbocycles. The molecule has 0 radical (unpaired) electrons. The summed E-state index contributed by atoms with van der Waals surface area (Å²) in [6.07, 6.45) is 5.30. The van der Waals surface area contributed by atoms with Gasteiger partial charge in [0.2, 0.25) is 0 Å². The van der Waals surface area contributed by atoms with Crippen molar-refractivity contribution in [2.45, 2.75) is 26.4 Å². The van der Waals surface area contributed by atoms with Crippen LogP contribution in [0.3, 0.4) is 0 Å². The quantitative estimate of drug-likeness (QED) is 0.842. The number of hydrogen-bond acceptors (Lipinski definition) is 3. The second kappa shape index (κ2) is 5.75. The predicted octanol–water partition coefficient (Wildman–Crippen LogP) is 2.21. The Kier molecular flexibility index (Phi) is 4.06. The molecule has 0 spiro atoms. The van der Waals surface area contributed by atoms with E-state index in [0.717, 1.165) is 17.7 Å². The van der Waals surface area contributed by atoms with E-state index in [-0.39, 0.29) is 11.6 Å². The molecule has 0 aliphatic carbocycles. The molecule has 0 fully saturated rings. The molecule has 0 aromatic heterocycles. The van der Waals surface area contributed by atoms with Gasteiger partial charge in [-0.15, -0.1) is 12.3 Å². The Morgan fingerprint density at radius 1 is 1.53 bits per heavy atom. The lowest BCUT2D eigenvalue weighted by Crippen LogP contribution is -2.35. The second-order valence-electron chi connectivity index (χ2n) is 4.53. The SMILES string of the molecule is C#CCC(Oc1c(F)ccc(C)c1C)C1=NCCN1. The molecule has 2 rings (SSSR count). The summed E-state index contributed by atoms with van der Waals surface area (Å²) in [7, 11) is 0. The first kappa shape index (κ1) is 13.4. The Morgan fingerprint density at radius 2 is 2.32 bits per heavy atom. The van der Waals surface area contributed by atoms with Crippen molar-refractivity contribution in [3.8, 4) is 18.1 Å². The highest BCUT2D eigenvalue weighted by Crippen LogP contribution is 2.26. The van der Waals surface area contributed by atoms with Gasteiger partial charge in [-0.25, -0.2) is 4.39 Å². The normalized spacial score (nSPS) is 15.4. The Morgan fingerprint density at radius 3 is 2.95 bits per heavy atom. The van der Waals surface area contributed by atoms with Gasteiger partial charge in [0.25, 0.3) is 0 Å². The Hall–Kier alpha value is -2.02. The van der Waals surface area contributed by atoms with Gasteiger partial charge >= 0.3 is 0 Å². The zero-order valence-corrected chi connectivity index (χ0v) is 11.2. The van der Waals surface area contributed by atoms with Crippen molar-refractivity contribution in [2.24, 2.45) is 4.99 Å². The van der Waals surface area contributed by atoms with Crippen LogP contribution in [0.2, 0.25) is 0 Å². The van der Waals surface area contributed by atoms with E-state index >= 15 is 0 Å². The third kappa shape index (κ3) is 2.87. The van der Waals surface area contributed by atoms with Crippen LogP contribution in [-0.2, 0) is 0 Å². The number of rotatable bonds is 4. The van der Waals surface area contributed by atoms with Crippen LogP contribution in [0.5, 0.6) is 5.75 Å². The maximum Gasteiger partial charge on any atom is 0.166 e. The van der Waals surface area contributed by atoms with Crippen molar-refractivity contribution >= 4 is 5.84 Å². The predicted molar refractivity (Wildman–Crippen MR) is 74.0 cm³/mol. The van der Waals surface area contributed by atoms with Gasteiger partial charge in [-0.3, -0.25) is 4.99 Å². The van der Waals surface area contributed by atoms with Gasteiger partial charge in [0.15, 0.2) is 17.7 Å². The van der Waals surface area contributed by atoms with E-state index in [1.54, 1.807) is 6.07 Å². The number of terminal acetylenes is 1. The molecule has 1 heterocycles. The van der Waals surface area contributed by atoms with Gasteiger partial charge in [-0.1, -0.05) is 6.07 Å². The van der Waals surface area contributed by atoms with Crippen molar-refractivity contribution in [3.05, 3.63) is 29.1 Å². The molecule has 1 aliphatic rings. The van der Waals surface area contributed by atoms with Crippen molar-refractivity contribution in [1.82, 2.24) is 5.32 Å². The van der Waals surface area contributed by atoms with Crippen LogP contribution in [0.1, 0.15) is 17.5 Å². The van der Waals surface area contributed by atoms with Crippen LogP contribution in [0.15, 0.2) is 17.1 Å². The zero-order chi connectivity index (χ0) is 13.8. The van der Waals surface area contributed by atoms with Crippen molar-refractivity contribution in [1.29, 1.82) is 0 Å². The van der Waals surface area contributed by atoms with Crippen LogP contribution in [-0.4, -0.2) is 25.0 Å². The molecule has 0 bridgehead atoms. The molecule has 1 unspecified atom stereocenters. The minimum atomic E-state index is -0.414. The zero-order valence-electron chi connectivity index (χ0n) is 11.2. The Balaban J connectivity index is 2.27. The fourth-order valence-corrected chi connectivity index (χ4v) is 1.98. The second-order valence-corrected chi connectivity index (χ2v) is 4.53. The number of hydrogen-bond donors (Lipinski definition) is 1. The fraction of sp³-hybridized carbons (Fsp3) is 0.400. The first-order chi connectivity index (χ1) is 9.13. The molecule has 3 nitrogen and oxygen atoms in total. The molecule has 4 heteroatoms. The van der Waals surface area contributed by atoms with Gasteiger partial charge in [-0.2, -0.15) is 0 Å². The van der Waals surface area contributed by atoms with E-state index in [1.807, 2.05) is 13.8 Å². The molecule has 1 aromatic rings. The van der Waals surface area contributed by atoms with Gasteiger partial charge in [-0.05, 0) is 31.0 Å². The maximum absolute atomic E-state index is 13.9. The number of nitrogens with one attached hydrogen (secondary N) is 1. The average molecular weight is 260 g/mol. The molecule has 19 heavy (non-hydrogen) atoms. The summed E-state index contributed by atoms with van der Waals surface area (Å²) in [6, 6.07) is 3.15. The summed E-state index contributed by atoms with van der Waals surface area (Å²) in [5.74, 6) is 3.15. The Labute approximate surface area is 112 Å². The highest BCUT2D eigenvalue weighted by atomic mass is 19.1. The largest absolute Gasteiger partial charge is 0.478 e. The van der Waals surface area contributed by atoms with Crippen molar-refractivity contribution < 1.29 is 9.13 Å². The summed E-state index contributed by atoms with van der Waals surface area (Å²) < 4.78 is 19.7.